The summed E-state index contributed by atoms with van der Waals surface area (Å²) in [6, 6.07) is 14.0. The largest absolute Gasteiger partial charge is 0.344 e. The molecule has 3 aromatic rings. The van der Waals surface area contributed by atoms with Crippen molar-refractivity contribution in [2.75, 3.05) is 5.32 Å². The normalized spacial score (nSPS) is 19.5. The monoisotopic (exact) mass is 382 g/mol. The number of amides is 2. The zero-order chi connectivity index (χ0) is 19.0. The van der Waals surface area contributed by atoms with Crippen molar-refractivity contribution in [3.05, 3.63) is 59.4 Å². The van der Waals surface area contributed by atoms with Gasteiger partial charge in [-0.3, -0.25) is 9.59 Å². The first-order valence-electron chi connectivity index (χ1n) is 8.83. The number of rotatable bonds is 5. The molecule has 0 aliphatic heterocycles. The molecule has 1 fully saturated rings. The van der Waals surface area contributed by atoms with Gasteiger partial charge in [0.1, 0.15) is 11.9 Å². The van der Waals surface area contributed by atoms with Gasteiger partial charge in [0.15, 0.2) is 0 Å². The number of nitrogens with one attached hydrogen (secondary N) is 3. The summed E-state index contributed by atoms with van der Waals surface area (Å²) in [4.78, 5) is 32.6. The van der Waals surface area contributed by atoms with Crippen LogP contribution in [0.5, 0.6) is 0 Å². The first-order chi connectivity index (χ1) is 13.0. The standard InChI is InChI=1S/C20H19ClN4O2/c1-11(19(26)23-13-8-6-12(21)7-9-13)22-20(27)15-10-14(15)18-24-16-4-2-3-5-17(16)25-18/h2-9,11,14-15H,10H2,1H3,(H,22,27)(H,23,26)(H,24,25)/t11-,14+,15+/m1/s1. The predicted octanol–water partition coefficient (Wildman–Crippen LogP) is 3.46. The Morgan fingerprint density at radius 3 is 2.67 bits per heavy atom. The van der Waals surface area contributed by atoms with Crippen molar-refractivity contribution in [2.45, 2.75) is 25.3 Å². The third-order valence-corrected chi connectivity index (χ3v) is 5.00. The van der Waals surface area contributed by atoms with Gasteiger partial charge in [0.05, 0.1) is 11.0 Å². The Labute approximate surface area is 161 Å². The summed E-state index contributed by atoms with van der Waals surface area (Å²) < 4.78 is 0. The molecule has 3 atom stereocenters. The van der Waals surface area contributed by atoms with E-state index in [-0.39, 0.29) is 23.7 Å². The topological polar surface area (TPSA) is 86.9 Å². The number of benzene rings is 2. The third kappa shape index (κ3) is 3.80. The van der Waals surface area contributed by atoms with Gasteiger partial charge in [0.2, 0.25) is 11.8 Å². The molecule has 2 amide bonds. The first kappa shape index (κ1) is 17.5. The van der Waals surface area contributed by atoms with E-state index in [1.165, 1.54) is 0 Å². The summed E-state index contributed by atoms with van der Waals surface area (Å²) in [5, 5.41) is 6.15. The molecule has 1 saturated carbocycles. The van der Waals surface area contributed by atoms with Crippen molar-refractivity contribution in [3.8, 4) is 0 Å². The average Bonchev–Trinajstić information content (AvgIpc) is 3.35. The number of nitrogens with zero attached hydrogens (tertiary/aromatic N) is 1. The summed E-state index contributed by atoms with van der Waals surface area (Å²) in [6.45, 7) is 1.67. The molecule has 0 bridgehead atoms. The van der Waals surface area contributed by atoms with Gasteiger partial charge >= 0.3 is 0 Å². The van der Waals surface area contributed by atoms with Crippen LogP contribution in [0.1, 0.15) is 25.1 Å². The van der Waals surface area contributed by atoms with Crippen LogP contribution in [0.3, 0.4) is 0 Å². The van der Waals surface area contributed by atoms with E-state index in [2.05, 4.69) is 20.6 Å². The Hall–Kier alpha value is -2.86. The van der Waals surface area contributed by atoms with Crippen molar-refractivity contribution >= 4 is 40.1 Å². The molecule has 27 heavy (non-hydrogen) atoms. The molecule has 1 aliphatic rings. The van der Waals surface area contributed by atoms with Gasteiger partial charge in [-0.1, -0.05) is 23.7 Å². The van der Waals surface area contributed by atoms with Gasteiger partial charge in [-0.2, -0.15) is 0 Å². The molecule has 3 N–H and O–H groups in total. The van der Waals surface area contributed by atoms with E-state index in [0.717, 1.165) is 23.3 Å². The molecule has 4 rings (SSSR count). The first-order valence-corrected chi connectivity index (χ1v) is 9.20. The van der Waals surface area contributed by atoms with Crippen molar-refractivity contribution < 1.29 is 9.59 Å². The highest BCUT2D eigenvalue weighted by Gasteiger charge is 2.46. The average molecular weight is 383 g/mol. The Bertz CT molecular complexity index is 966. The summed E-state index contributed by atoms with van der Waals surface area (Å²) in [5.41, 5.74) is 2.50. The summed E-state index contributed by atoms with van der Waals surface area (Å²) in [7, 11) is 0. The van der Waals surface area contributed by atoms with Crippen LogP contribution < -0.4 is 10.6 Å². The van der Waals surface area contributed by atoms with Crippen LogP contribution in [0.15, 0.2) is 48.5 Å². The molecule has 0 spiro atoms. The van der Waals surface area contributed by atoms with Gasteiger partial charge in [0, 0.05) is 22.5 Å². The highest BCUT2D eigenvalue weighted by atomic mass is 35.5. The van der Waals surface area contributed by atoms with Gasteiger partial charge < -0.3 is 15.6 Å². The predicted molar refractivity (Wildman–Crippen MR) is 105 cm³/mol. The number of carbonyl (C=O) groups excluding carboxylic acids is 2. The fraction of sp³-hybridized carbons (Fsp3) is 0.250. The Morgan fingerprint density at radius 1 is 1.19 bits per heavy atom. The maximum absolute atomic E-state index is 12.5. The van der Waals surface area contributed by atoms with E-state index in [4.69, 9.17) is 11.6 Å². The highest BCUT2D eigenvalue weighted by Crippen LogP contribution is 2.46. The SMILES string of the molecule is C[C@@H](NC(=O)[C@H]1C[C@@H]1c1nc2ccccc2[nH]1)C(=O)Nc1ccc(Cl)cc1. The number of aromatic nitrogens is 2. The van der Waals surface area contributed by atoms with Crippen molar-refractivity contribution in [3.63, 3.8) is 0 Å². The van der Waals surface area contributed by atoms with E-state index in [9.17, 15) is 9.59 Å². The van der Waals surface area contributed by atoms with Crippen LogP contribution in [-0.4, -0.2) is 27.8 Å². The van der Waals surface area contributed by atoms with Crippen LogP contribution in [0, 0.1) is 5.92 Å². The summed E-state index contributed by atoms with van der Waals surface area (Å²) >= 11 is 5.83. The minimum Gasteiger partial charge on any atom is -0.344 e. The smallest absolute Gasteiger partial charge is 0.246 e. The number of hydrogen-bond acceptors (Lipinski definition) is 3. The molecule has 138 valence electrons. The summed E-state index contributed by atoms with van der Waals surface area (Å²) in [5.74, 6) is 0.348. The molecule has 2 aromatic carbocycles. The number of carbonyl (C=O) groups is 2. The molecule has 1 aliphatic carbocycles. The third-order valence-electron chi connectivity index (χ3n) is 4.75. The molecule has 0 unspecified atom stereocenters. The number of imidazole rings is 1. The van der Waals surface area contributed by atoms with Crippen LogP contribution in [0.2, 0.25) is 5.02 Å². The van der Waals surface area contributed by atoms with Crippen molar-refractivity contribution in [2.24, 2.45) is 5.92 Å². The Balaban J connectivity index is 1.33. The van der Waals surface area contributed by atoms with Gasteiger partial charge in [0.25, 0.3) is 0 Å². The molecular formula is C20H19ClN4O2. The Kier molecular flexibility index (Phi) is 4.58. The van der Waals surface area contributed by atoms with E-state index in [1.807, 2.05) is 24.3 Å². The number of para-hydroxylation sites is 2. The lowest BCUT2D eigenvalue weighted by molar-refractivity contribution is -0.127. The van der Waals surface area contributed by atoms with Gasteiger partial charge in [-0.15, -0.1) is 0 Å². The summed E-state index contributed by atoms with van der Waals surface area (Å²) in [6.07, 6.45) is 0.733. The fourth-order valence-corrected chi connectivity index (χ4v) is 3.23. The van der Waals surface area contributed by atoms with E-state index in [0.29, 0.717) is 10.7 Å². The van der Waals surface area contributed by atoms with Crippen molar-refractivity contribution in [1.29, 1.82) is 0 Å². The maximum atomic E-state index is 12.5. The molecule has 1 heterocycles. The number of anilines is 1. The molecule has 1 aromatic heterocycles. The number of fused-ring (bicyclic) bond motifs is 1. The van der Waals surface area contributed by atoms with Gasteiger partial charge in [-0.05, 0) is 49.7 Å². The van der Waals surface area contributed by atoms with Crippen LogP contribution in [0.25, 0.3) is 11.0 Å². The lowest BCUT2D eigenvalue weighted by atomic mass is 10.2. The fourth-order valence-electron chi connectivity index (χ4n) is 3.10. The second kappa shape index (κ2) is 7.04. The zero-order valence-corrected chi connectivity index (χ0v) is 15.5. The molecule has 0 radical (unpaired) electrons. The second-order valence-electron chi connectivity index (χ2n) is 6.81. The number of halogens is 1. The molecular weight excluding hydrogens is 364 g/mol. The van der Waals surface area contributed by atoms with E-state index >= 15 is 0 Å². The number of hydrogen-bond donors (Lipinski definition) is 3. The van der Waals surface area contributed by atoms with Crippen LogP contribution in [-0.2, 0) is 9.59 Å². The Morgan fingerprint density at radius 2 is 1.93 bits per heavy atom. The van der Waals surface area contributed by atoms with Crippen LogP contribution in [0.4, 0.5) is 5.69 Å². The van der Waals surface area contributed by atoms with Crippen LogP contribution >= 0.6 is 11.6 Å². The van der Waals surface area contributed by atoms with Gasteiger partial charge in [-0.25, -0.2) is 4.98 Å². The minimum absolute atomic E-state index is 0.0731. The van der Waals surface area contributed by atoms with E-state index < -0.39 is 6.04 Å². The molecule has 7 heteroatoms. The van der Waals surface area contributed by atoms with E-state index in [1.54, 1.807) is 31.2 Å². The quantitative estimate of drug-likeness (QED) is 0.631. The van der Waals surface area contributed by atoms with Crippen molar-refractivity contribution in [1.82, 2.24) is 15.3 Å². The lowest BCUT2D eigenvalue weighted by Crippen LogP contribution is -2.42. The zero-order valence-electron chi connectivity index (χ0n) is 14.7. The molecule has 0 saturated heterocycles. The highest BCUT2D eigenvalue weighted by molar-refractivity contribution is 6.30. The number of aromatic amines is 1. The minimum atomic E-state index is -0.634. The number of H-pyrrole nitrogens is 1. The second-order valence-corrected chi connectivity index (χ2v) is 7.25. The lowest BCUT2D eigenvalue weighted by Gasteiger charge is -2.14. The molecule has 6 nitrogen and oxygen atoms in total. The maximum Gasteiger partial charge on any atom is 0.246 e.